The smallest absolute Gasteiger partial charge is 0.196 e. The molecule has 0 fully saturated rings. The predicted octanol–water partition coefficient (Wildman–Crippen LogP) is 4.88. The normalized spacial score (nSPS) is 10.7. The molecule has 0 aliphatic rings. The van der Waals surface area contributed by atoms with Gasteiger partial charge >= 0.3 is 0 Å². The van der Waals surface area contributed by atoms with Crippen LogP contribution >= 0.6 is 0 Å². The lowest BCUT2D eigenvalue weighted by molar-refractivity contribution is 0.449. The predicted molar refractivity (Wildman–Crippen MR) is 68.2 cm³/mol. The van der Waals surface area contributed by atoms with Crippen LogP contribution in [0.15, 0.2) is 12.1 Å². The zero-order valence-electron chi connectivity index (χ0n) is 10.7. The van der Waals surface area contributed by atoms with Gasteiger partial charge in [0.05, 0.1) is 5.69 Å². The van der Waals surface area contributed by atoms with E-state index in [1.54, 1.807) is 0 Å². The summed E-state index contributed by atoms with van der Waals surface area (Å²) in [6, 6.07) is 2.16. The van der Waals surface area contributed by atoms with E-state index in [2.05, 4.69) is 12.2 Å². The van der Waals surface area contributed by atoms with Crippen molar-refractivity contribution < 1.29 is 13.2 Å². The Morgan fingerprint density at radius 1 is 0.889 bits per heavy atom. The molecule has 0 spiro atoms. The fourth-order valence-corrected chi connectivity index (χ4v) is 1.79. The molecule has 1 aromatic carbocycles. The van der Waals surface area contributed by atoms with Crippen molar-refractivity contribution >= 4 is 5.69 Å². The van der Waals surface area contributed by atoms with Gasteiger partial charge in [0.1, 0.15) is 0 Å². The molecule has 1 aromatic rings. The molecule has 1 nitrogen and oxygen atoms in total. The second kappa shape index (κ2) is 8.01. The number of nitrogens with one attached hydrogen (secondary N) is 1. The molecule has 0 aromatic heterocycles. The van der Waals surface area contributed by atoms with Crippen LogP contribution in [-0.2, 0) is 0 Å². The van der Waals surface area contributed by atoms with E-state index in [9.17, 15) is 13.2 Å². The number of rotatable bonds is 8. The molecular formula is C14H20F3N. The Bertz CT molecular complexity index is 366. The van der Waals surface area contributed by atoms with Gasteiger partial charge in [0, 0.05) is 6.54 Å². The van der Waals surface area contributed by atoms with Gasteiger partial charge in [-0.1, -0.05) is 39.0 Å². The Labute approximate surface area is 106 Å². The molecule has 18 heavy (non-hydrogen) atoms. The molecular weight excluding hydrogens is 239 g/mol. The summed E-state index contributed by atoms with van der Waals surface area (Å²) in [5.74, 6) is -3.71. The zero-order chi connectivity index (χ0) is 13.4. The fraction of sp³-hybridized carbons (Fsp3) is 0.571. The molecule has 1 rings (SSSR count). The molecule has 4 heteroatoms. The summed E-state index contributed by atoms with van der Waals surface area (Å²) >= 11 is 0. The zero-order valence-corrected chi connectivity index (χ0v) is 10.7. The van der Waals surface area contributed by atoms with E-state index in [0.29, 0.717) is 6.54 Å². The third-order valence-corrected chi connectivity index (χ3v) is 2.88. The first-order valence-electron chi connectivity index (χ1n) is 6.54. The molecule has 0 aliphatic heterocycles. The minimum atomic E-state index is -1.41. The summed E-state index contributed by atoms with van der Waals surface area (Å²) in [7, 11) is 0. The Hall–Kier alpha value is -1.19. The van der Waals surface area contributed by atoms with Crippen molar-refractivity contribution in [1.29, 1.82) is 0 Å². The SMILES string of the molecule is CCCCCCCCNc1ccc(F)c(F)c1F. The average molecular weight is 259 g/mol. The molecule has 0 aliphatic carbocycles. The first-order chi connectivity index (χ1) is 8.66. The summed E-state index contributed by atoms with van der Waals surface area (Å²) in [6.07, 6.45) is 6.80. The number of anilines is 1. The second-order valence-corrected chi connectivity index (χ2v) is 4.42. The molecule has 0 radical (unpaired) electrons. The van der Waals surface area contributed by atoms with Crippen LogP contribution in [0.5, 0.6) is 0 Å². The molecule has 0 bridgehead atoms. The minimum Gasteiger partial charge on any atom is -0.383 e. The number of hydrogen-bond acceptors (Lipinski definition) is 1. The minimum absolute atomic E-state index is 0.0301. The molecule has 0 unspecified atom stereocenters. The standard InChI is InChI=1S/C14H20F3N/c1-2-3-4-5-6-7-10-18-12-9-8-11(15)13(16)14(12)17/h8-9,18H,2-7,10H2,1H3. The van der Waals surface area contributed by atoms with Crippen LogP contribution < -0.4 is 5.32 Å². The second-order valence-electron chi connectivity index (χ2n) is 4.42. The molecule has 1 N–H and O–H groups in total. The molecule has 0 amide bonds. The van der Waals surface area contributed by atoms with Crippen LogP contribution in [0.4, 0.5) is 18.9 Å². The van der Waals surface area contributed by atoms with Gasteiger partial charge in [-0.3, -0.25) is 0 Å². The molecule has 0 heterocycles. The lowest BCUT2D eigenvalue weighted by Gasteiger charge is -2.08. The van der Waals surface area contributed by atoms with Gasteiger partial charge in [0.2, 0.25) is 0 Å². The fourth-order valence-electron chi connectivity index (χ4n) is 1.79. The lowest BCUT2D eigenvalue weighted by Crippen LogP contribution is -2.05. The van der Waals surface area contributed by atoms with Crippen molar-refractivity contribution in [3.05, 3.63) is 29.6 Å². The van der Waals surface area contributed by atoms with Crippen LogP contribution in [0, 0.1) is 17.5 Å². The van der Waals surface area contributed by atoms with Gasteiger partial charge < -0.3 is 5.32 Å². The van der Waals surface area contributed by atoms with Crippen molar-refractivity contribution in [2.75, 3.05) is 11.9 Å². The van der Waals surface area contributed by atoms with E-state index < -0.39 is 17.5 Å². The third kappa shape index (κ3) is 4.59. The molecule has 0 saturated heterocycles. The summed E-state index contributed by atoms with van der Waals surface area (Å²) in [5, 5.41) is 2.79. The van der Waals surface area contributed by atoms with Crippen molar-refractivity contribution in [3.8, 4) is 0 Å². The van der Waals surface area contributed by atoms with Crippen LogP contribution in [0.25, 0.3) is 0 Å². The van der Waals surface area contributed by atoms with Crippen molar-refractivity contribution in [2.24, 2.45) is 0 Å². The van der Waals surface area contributed by atoms with Gasteiger partial charge in [-0.05, 0) is 18.6 Å². The highest BCUT2D eigenvalue weighted by molar-refractivity contribution is 5.45. The van der Waals surface area contributed by atoms with Crippen molar-refractivity contribution in [2.45, 2.75) is 45.4 Å². The van der Waals surface area contributed by atoms with Gasteiger partial charge in [0.15, 0.2) is 17.5 Å². The summed E-state index contributed by atoms with van der Waals surface area (Å²) in [5.41, 5.74) is 0.0301. The van der Waals surface area contributed by atoms with E-state index in [0.717, 1.165) is 25.3 Å². The summed E-state index contributed by atoms with van der Waals surface area (Å²) in [4.78, 5) is 0. The highest BCUT2D eigenvalue weighted by atomic mass is 19.2. The van der Waals surface area contributed by atoms with E-state index in [1.165, 1.54) is 25.3 Å². The monoisotopic (exact) mass is 259 g/mol. The van der Waals surface area contributed by atoms with Gasteiger partial charge in [-0.15, -0.1) is 0 Å². The Balaban J connectivity index is 2.25. The highest BCUT2D eigenvalue weighted by Gasteiger charge is 2.12. The van der Waals surface area contributed by atoms with Gasteiger partial charge in [-0.25, -0.2) is 13.2 Å². The lowest BCUT2D eigenvalue weighted by atomic mass is 10.1. The molecule has 102 valence electrons. The molecule has 0 atom stereocenters. The third-order valence-electron chi connectivity index (χ3n) is 2.88. The van der Waals surface area contributed by atoms with Gasteiger partial charge in [-0.2, -0.15) is 0 Å². The largest absolute Gasteiger partial charge is 0.383 e. The van der Waals surface area contributed by atoms with Crippen molar-refractivity contribution in [1.82, 2.24) is 0 Å². The van der Waals surface area contributed by atoms with E-state index in [1.807, 2.05) is 0 Å². The van der Waals surface area contributed by atoms with Crippen molar-refractivity contribution in [3.63, 3.8) is 0 Å². The first-order valence-corrected chi connectivity index (χ1v) is 6.54. The maximum atomic E-state index is 13.3. The number of hydrogen-bond donors (Lipinski definition) is 1. The number of benzene rings is 1. The van der Waals surface area contributed by atoms with Crippen LogP contribution in [-0.4, -0.2) is 6.54 Å². The Kier molecular flexibility index (Phi) is 6.61. The van der Waals surface area contributed by atoms with E-state index in [-0.39, 0.29) is 5.69 Å². The summed E-state index contributed by atoms with van der Waals surface area (Å²) < 4.78 is 38.9. The highest BCUT2D eigenvalue weighted by Crippen LogP contribution is 2.19. The van der Waals surface area contributed by atoms with E-state index >= 15 is 0 Å². The summed E-state index contributed by atoms with van der Waals surface area (Å²) in [6.45, 7) is 2.74. The topological polar surface area (TPSA) is 12.0 Å². The Morgan fingerprint density at radius 3 is 2.28 bits per heavy atom. The molecule has 0 saturated carbocycles. The first kappa shape index (κ1) is 14.9. The Morgan fingerprint density at radius 2 is 1.56 bits per heavy atom. The van der Waals surface area contributed by atoms with Crippen LogP contribution in [0.3, 0.4) is 0 Å². The number of unbranched alkanes of at least 4 members (excludes halogenated alkanes) is 5. The average Bonchev–Trinajstić information content (AvgIpc) is 2.37. The maximum Gasteiger partial charge on any atom is 0.196 e. The quantitative estimate of drug-likeness (QED) is 0.518. The number of halogens is 3. The van der Waals surface area contributed by atoms with E-state index in [4.69, 9.17) is 0 Å². The van der Waals surface area contributed by atoms with Crippen LogP contribution in [0.1, 0.15) is 45.4 Å². The van der Waals surface area contributed by atoms with Crippen LogP contribution in [0.2, 0.25) is 0 Å². The van der Waals surface area contributed by atoms with Gasteiger partial charge in [0.25, 0.3) is 0 Å². The maximum absolute atomic E-state index is 13.3.